The van der Waals surface area contributed by atoms with Gasteiger partial charge in [0.15, 0.2) is 5.11 Å². The van der Waals surface area contributed by atoms with E-state index in [0.717, 1.165) is 16.3 Å². The summed E-state index contributed by atoms with van der Waals surface area (Å²) in [5, 5.41) is 12.0. The first-order chi connectivity index (χ1) is 15.0. The molecule has 1 aliphatic heterocycles. The van der Waals surface area contributed by atoms with Gasteiger partial charge in [0.05, 0.1) is 31.5 Å². The summed E-state index contributed by atoms with van der Waals surface area (Å²) in [7, 11) is 3.13. The van der Waals surface area contributed by atoms with E-state index in [1.165, 1.54) is 0 Å². The molecular formula is C24H23N3O3S. The second-order valence-electron chi connectivity index (χ2n) is 7.16. The van der Waals surface area contributed by atoms with Crippen molar-refractivity contribution in [2.24, 2.45) is 0 Å². The minimum atomic E-state index is -0.399. The van der Waals surface area contributed by atoms with E-state index in [-0.39, 0.29) is 5.91 Å². The summed E-state index contributed by atoms with van der Waals surface area (Å²) in [4.78, 5) is 13.4. The van der Waals surface area contributed by atoms with Gasteiger partial charge in [-0.15, -0.1) is 0 Å². The minimum absolute atomic E-state index is 0.249. The van der Waals surface area contributed by atoms with E-state index in [0.29, 0.717) is 33.6 Å². The molecule has 0 unspecified atom stereocenters. The zero-order valence-corrected chi connectivity index (χ0v) is 18.3. The lowest BCUT2D eigenvalue weighted by atomic mass is 9.91. The maximum atomic E-state index is 13.4. The zero-order chi connectivity index (χ0) is 22.0. The van der Waals surface area contributed by atoms with Gasteiger partial charge in [0.1, 0.15) is 11.5 Å². The Kier molecular flexibility index (Phi) is 5.77. The van der Waals surface area contributed by atoms with Crippen molar-refractivity contribution in [2.75, 3.05) is 19.5 Å². The van der Waals surface area contributed by atoms with Gasteiger partial charge in [0.2, 0.25) is 0 Å². The number of fused-ring (bicyclic) bond motifs is 1. The Bertz CT molecular complexity index is 1200. The fraction of sp³-hybridized carbons (Fsp3) is 0.167. The maximum absolute atomic E-state index is 13.4. The molecule has 0 saturated heterocycles. The fourth-order valence-electron chi connectivity index (χ4n) is 3.82. The van der Waals surface area contributed by atoms with E-state index in [1.807, 2.05) is 31.2 Å². The number of hydrogen-bond acceptors (Lipinski definition) is 4. The summed E-state index contributed by atoms with van der Waals surface area (Å²) >= 11 is 5.40. The number of allylic oxidation sites excluding steroid dienone is 1. The normalized spacial score (nSPS) is 15.8. The molecule has 1 heterocycles. The first-order valence-corrected chi connectivity index (χ1v) is 10.2. The number of benzene rings is 3. The van der Waals surface area contributed by atoms with Gasteiger partial charge in [-0.05, 0) is 47.6 Å². The molecule has 158 valence electrons. The molecule has 6 nitrogen and oxygen atoms in total. The van der Waals surface area contributed by atoms with Crippen LogP contribution >= 0.6 is 12.2 Å². The van der Waals surface area contributed by atoms with Crippen LogP contribution in [0.1, 0.15) is 18.5 Å². The molecule has 0 aliphatic carbocycles. The van der Waals surface area contributed by atoms with E-state index in [2.05, 4.69) is 34.1 Å². The van der Waals surface area contributed by atoms with Crippen LogP contribution in [0.25, 0.3) is 10.8 Å². The molecule has 3 N–H and O–H groups in total. The van der Waals surface area contributed by atoms with Crippen LogP contribution < -0.4 is 25.4 Å². The second-order valence-corrected chi connectivity index (χ2v) is 7.57. The number of amides is 1. The van der Waals surface area contributed by atoms with Crippen LogP contribution in [0.4, 0.5) is 5.69 Å². The Balaban J connectivity index is 1.75. The van der Waals surface area contributed by atoms with Crippen molar-refractivity contribution in [3.63, 3.8) is 0 Å². The predicted octanol–water partition coefficient (Wildman–Crippen LogP) is 4.29. The fourth-order valence-corrected chi connectivity index (χ4v) is 4.09. The molecule has 3 aromatic rings. The summed E-state index contributed by atoms with van der Waals surface area (Å²) in [5.41, 5.74) is 2.79. The van der Waals surface area contributed by atoms with E-state index >= 15 is 0 Å². The van der Waals surface area contributed by atoms with Crippen LogP contribution in [-0.4, -0.2) is 25.2 Å². The van der Waals surface area contributed by atoms with Crippen LogP contribution in [0.3, 0.4) is 0 Å². The standard InChI is InChI=1S/C24H23N3O3S/c1-14-21(23(28)26-19-12-11-16(29-2)13-20(19)30-3)22(27-24(31)25-14)18-10-6-8-15-7-4-5-9-17(15)18/h4-13,22H,1-3H3,(H,26,28)(H2,25,27,31)/t22-/m1/s1. The molecule has 1 atom stereocenters. The van der Waals surface area contributed by atoms with E-state index in [9.17, 15) is 4.79 Å². The lowest BCUT2D eigenvalue weighted by Gasteiger charge is -2.31. The van der Waals surface area contributed by atoms with Crippen molar-refractivity contribution in [2.45, 2.75) is 13.0 Å². The molecular weight excluding hydrogens is 410 g/mol. The van der Waals surface area contributed by atoms with Crippen molar-refractivity contribution in [1.29, 1.82) is 0 Å². The molecule has 31 heavy (non-hydrogen) atoms. The van der Waals surface area contributed by atoms with E-state index < -0.39 is 6.04 Å². The molecule has 0 bridgehead atoms. The summed E-state index contributed by atoms with van der Waals surface area (Å²) in [6.07, 6.45) is 0. The number of carbonyl (C=O) groups is 1. The van der Waals surface area contributed by atoms with Crippen LogP contribution in [-0.2, 0) is 4.79 Å². The first-order valence-electron chi connectivity index (χ1n) is 9.81. The third-order valence-corrected chi connectivity index (χ3v) is 5.52. The maximum Gasteiger partial charge on any atom is 0.255 e. The number of rotatable bonds is 5. The Morgan fingerprint density at radius 1 is 1.03 bits per heavy atom. The van der Waals surface area contributed by atoms with Crippen LogP contribution in [0.15, 0.2) is 71.9 Å². The van der Waals surface area contributed by atoms with Gasteiger partial charge in [-0.1, -0.05) is 42.5 Å². The molecule has 4 rings (SSSR count). The van der Waals surface area contributed by atoms with Crippen LogP contribution in [0.5, 0.6) is 11.5 Å². The van der Waals surface area contributed by atoms with E-state index in [4.69, 9.17) is 21.7 Å². The Morgan fingerprint density at radius 3 is 2.58 bits per heavy atom. The lowest BCUT2D eigenvalue weighted by molar-refractivity contribution is -0.113. The molecule has 0 spiro atoms. The molecule has 0 saturated carbocycles. The third-order valence-electron chi connectivity index (χ3n) is 5.31. The molecule has 0 aromatic heterocycles. The number of hydrogen-bond donors (Lipinski definition) is 3. The zero-order valence-electron chi connectivity index (χ0n) is 17.5. The number of anilines is 1. The van der Waals surface area contributed by atoms with Crippen molar-refractivity contribution in [3.05, 3.63) is 77.5 Å². The Hall–Kier alpha value is -3.58. The van der Waals surface area contributed by atoms with Gasteiger partial charge in [-0.25, -0.2) is 0 Å². The molecule has 1 amide bonds. The molecule has 0 radical (unpaired) electrons. The van der Waals surface area contributed by atoms with Gasteiger partial charge in [-0.2, -0.15) is 0 Å². The lowest BCUT2D eigenvalue weighted by Crippen LogP contribution is -2.45. The topological polar surface area (TPSA) is 71.6 Å². The van der Waals surface area contributed by atoms with Gasteiger partial charge < -0.3 is 25.4 Å². The second kappa shape index (κ2) is 8.65. The highest BCUT2D eigenvalue weighted by Crippen LogP contribution is 2.34. The quantitative estimate of drug-likeness (QED) is 0.522. The predicted molar refractivity (Wildman–Crippen MR) is 126 cm³/mol. The van der Waals surface area contributed by atoms with Crippen molar-refractivity contribution in [1.82, 2.24) is 10.6 Å². The van der Waals surface area contributed by atoms with Gasteiger partial charge in [-0.3, -0.25) is 4.79 Å². The van der Waals surface area contributed by atoms with Gasteiger partial charge >= 0.3 is 0 Å². The average molecular weight is 434 g/mol. The van der Waals surface area contributed by atoms with Crippen LogP contribution in [0, 0.1) is 0 Å². The van der Waals surface area contributed by atoms with Crippen LogP contribution in [0.2, 0.25) is 0 Å². The molecule has 3 aromatic carbocycles. The SMILES string of the molecule is COc1ccc(NC(=O)C2=C(C)NC(=S)N[C@@H]2c2cccc3ccccc23)c(OC)c1. The molecule has 7 heteroatoms. The third kappa shape index (κ3) is 4.04. The van der Waals surface area contributed by atoms with Gasteiger partial charge in [0.25, 0.3) is 5.91 Å². The monoisotopic (exact) mass is 433 g/mol. The summed E-state index contributed by atoms with van der Waals surface area (Å²) in [6.45, 7) is 1.85. The highest BCUT2D eigenvalue weighted by molar-refractivity contribution is 7.80. The number of methoxy groups -OCH3 is 2. The number of ether oxygens (including phenoxy) is 2. The van der Waals surface area contributed by atoms with Gasteiger partial charge in [0, 0.05) is 11.8 Å². The number of thiocarbonyl (C=S) groups is 1. The smallest absolute Gasteiger partial charge is 0.255 e. The average Bonchev–Trinajstić information content (AvgIpc) is 2.78. The summed E-state index contributed by atoms with van der Waals surface area (Å²) < 4.78 is 10.7. The largest absolute Gasteiger partial charge is 0.497 e. The highest BCUT2D eigenvalue weighted by atomic mass is 32.1. The van der Waals surface area contributed by atoms with Crippen molar-refractivity contribution < 1.29 is 14.3 Å². The Labute approximate surface area is 186 Å². The number of carbonyl (C=O) groups excluding carboxylic acids is 1. The Morgan fingerprint density at radius 2 is 1.81 bits per heavy atom. The first kappa shape index (κ1) is 20.7. The van der Waals surface area contributed by atoms with Crippen molar-refractivity contribution >= 4 is 39.7 Å². The van der Waals surface area contributed by atoms with E-state index in [1.54, 1.807) is 32.4 Å². The minimum Gasteiger partial charge on any atom is -0.497 e. The summed E-state index contributed by atoms with van der Waals surface area (Å²) in [6, 6.07) is 19.0. The highest BCUT2D eigenvalue weighted by Gasteiger charge is 2.31. The summed E-state index contributed by atoms with van der Waals surface area (Å²) in [5.74, 6) is 0.909. The number of nitrogens with one attached hydrogen (secondary N) is 3. The molecule has 1 aliphatic rings. The van der Waals surface area contributed by atoms with Crippen molar-refractivity contribution in [3.8, 4) is 11.5 Å². The molecule has 0 fully saturated rings.